The third kappa shape index (κ3) is 5.37. The van der Waals surface area contributed by atoms with Crippen LogP contribution in [0.25, 0.3) is 16.9 Å². The number of hydrogen-bond acceptors (Lipinski definition) is 7. The molecule has 5 atom stereocenters. The summed E-state index contributed by atoms with van der Waals surface area (Å²) in [6.45, 7) is 1.91. The molecule has 5 aromatic rings. The fourth-order valence-corrected chi connectivity index (χ4v) is 5.72. The van der Waals surface area contributed by atoms with E-state index in [9.17, 15) is 13.2 Å². The van der Waals surface area contributed by atoms with Gasteiger partial charge >= 0.3 is 0 Å². The van der Waals surface area contributed by atoms with Crippen LogP contribution in [0, 0.1) is 30.8 Å². The monoisotopic (exact) mass is 641 g/mol. The van der Waals surface area contributed by atoms with Gasteiger partial charge in [-0.05, 0) is 37.3 Å². The summed E-state index contributed by atoms with van der Waals surface area (Å²) >= 11 is 12.8. The van der Waals surface area contributed by atoms with Crippen LogP contribution < -0.4 is 0 Å². The third-order valence-corrected chi connectivity index (χ3v) is 7.94. The standard InChI is InChI=1S/C30H22Cl2F3N6O3/c1-15-36-29(41(38-15)23-11-18(31)7-8-19(23)32)25-12-24(28-26(43-25)14-42-30(44-28)16-5-3-2-4-6-16)40-13-22(37-39-40)17-9-20(33)27(35)21(34)10-17/h2-13,24-26,28,30H,14H2,1H3/t24-,25-,26+,28+,30-/m0/s1. The molecule has 2 aliphatic rings. The van der Waals surface area contributed by atoms with Crippen LogP contribution >= 0.6 is 23.2 Å². The van der Waals surface area contributed by atoms with Crippen molar-refractivity contribution >= 4 is 23.2 Å². The average Bonchev–Trinajstić information content (AvgIpc) is 3.68. The van der Waals surface area contributed by atoms with E-state index < -0.39 is 48.1 Å². The lowest BCUT2D eigenvalue weighted by atomic mass is 9.93. The number of halogens is 5. The summed E-state index contributed by atoms with van der Waals surface area (Å²) in [7, 11) is 0. The first-order valence-corrected chi connectivity index (χ1v) is 14.3. The minimum absolute atomic E-state index is 0.0221. The Hall–Kier alpha value is -3.81. The molecule has 0 amide bonds. The molecular weight excluding hydrogens is 620 g/mol. The largest absolute Gasteiger partial charge is 0.361 e. The highest BCUT2D eigenvalue weighted by molar-refractivity contribution is 6.34. The second-order valence-corrected chi connectivity index (χ2v) is 11.2. The van der Waals surface area contributed by atoms with Crippen molar-refractivity contribution in [2.75, 3.05) is 6.61 Å². The van der Waals surface area contributed by atoms with E-state index in [-0.39, 0.29) is 17.9 Å². The number of nitrogens with zero attached hydrogens (tertiary/aromatic N) is 6. The highest BCUT2D eigenvalue weighted by Gasteiger charge is 2.47. The summed E-state index contributed by atoms with van der Waals surface area (Å²) < 4.78 is 63.7. The quantitative estimate of drug-likeness (QED) is 0.201. The van der Waals surface area contributed by atoms with Crippen molar-refractivity contribution in [3.05, 3.63) is 118 Å². The molecule has 0 unspecified atom stereocenters. The maximum atomic E-state index is 14.0. The van der Waals surface area contributed by atoms with E-state index >= 15 is 0 Å². The Balaban J connectivity index is 1.27. The van der Waals surface area contributed by atoms with Crippen LogP contribution in [0.1, 0.15) is 35.6 Å². The number of benzene rings is 3. The van der Waals surface area contributed by atoms with Crippen LogP contribution in [-0.4, -0.2) is 48.6 Å². The van der Waals surface area contributed by atoms with Crippen LogP contribution in [-0.2, 0) is 14.2 Å². The zero-order chi connectivity index (χ0) is 30.5. The molecular formula is C30H22Cl2F3N6O3. The van der Waals surface area contributed by atoms with E-state index in [0.29, 0.717) is 27.4 Å². The molecule has 0 saturated carbocycles. The van der Waals surface area contributed by atoms with E-state index in [2.05, 4.69) is 20.4 Å². The molecule has 9 nitrogen and oxygen atoms in total. The molecule has 0 N–H and O–H groups in total. The third-order valence-electron chi connectivity index (χ3n) is 7.39. The normalized spacial score (nSPS) is 23.5. The van der Waals surface area contributed by atoms with Gasteiger partial charge in [0.05, 0.1) is 29.6 Å². The summed E-state index contributed by atoms with van der Waals surface area (Å²) in [6, 6.07) is 15.5. The molecule has 225 valence electrons. The first-order valence-electron chi connectivity index (χ1n) is 13.5. The zero-order valence-corrected chi connectivity index (χ0v) is 24.3. The van der Waals surface area contributed by atoms with Gasteiger partial charge in [-0.1, -0.05) is 58.7 Å². The highest BCUT2D eigenvalue weighted by atomic mass is 35.5. The van der Waals surface area contributed by atoms with Crippen LogP contribution in [0.4, 0.5) is 13.2 Å². The molecule has 0 spiro atoms. The molecule has 0 bridgehead atoms. The van der Waals surface area contributed by atoms with Crippen molar-refractivity contribution < 1.29 is 27.4 Å². The molecule has 4 heterocycles. The number of fused-ring (bicyclic) bond motifs is 1. The topological polar surface area (TPSA) is 89.1 Å². The lowest BCUT2D eigenvalue weighted by molar-refractivity contribution is -0.292. The first kappa shape index (κ1) is 28.9. The van der Waals surface area contributed by atoms with E-state index in [4.69, 9.17) is 37.4 Å². The van der Waals surface area contributed by atoms with E-state index in [1.807, 2.05) is 36.8 Å². The Bertz CT molecular complexity index is 1820. The Kier molecular flexibility index (Phi) is 7.63. The van der Waals surface area contributed by atoms with E-state index in [0.717, 1.165) is 17.7 Å². The Labute approximate surface area is 259 Å². The number of rotatable bonds is 5. The second-order valence-electron chi connectivity index (χ2n) is 10.3. The van der Waals surface area contributed by atoms with Crippen molar-refractivity contribution in [1.29, 1.82) is 0 Å². The smallest absolute Gasteiger partial charge is 0.194 e. The van der Waals surface area contributed by atoms with Crippen LogP contribution in [0.2, 0.25) is 10.0 Å². The van der Waals surface area contributed by atoms with Gasteiger partial charge in [-0.15, -0.1) is 5.10 Å². The fraction of sp³-hybridized carbons (Fsp3) is 0.233. The summed E-state index contributed by atoms with van der Waals surface area (Å²) in [5, 5.41) is 13.8. The molecule has 1 radical (unpaired) electrons. The zero-order valence-electron chi connectivity index (χ0n) is 22.8. The highest BCUT2D eigenvalue weighted by Crippen LogP contribution is 2.43. The molecule has 2 aliphatic heterocycles. The van der Waals surface area contributed by atoms with Crippen molar-refractivity contribution in [3.8, 4) is 16.9 Å². The van der Waals surface area contributed by atoms with Crippen LogP contribution in [0.15, 0.2) is 66.9 Å². The number of aromatic nitrogens is 6. The summed E-state index contributed by atoms with van der Waals surface area (Å²) in [5.41, 5.74) is 1.48. The van der Waals surface area contributed by atoms with Gasteiger partial charge < -0.3 is 14.2 Å². The summed E-state index contributed by atoms with van der Waals surface area (Å²) in [4.78, 5) is 4.64. The van der Waals surface area contributed by atoms with Crippen molar-refractivity contribution in [2.24, 2.45) is 0 Å². The second kappa shape index (κ2) is 11.6. The van der Waals surface area contributed by atoms with Crippen molar-refractivity contribution in [1.82, 2.24) is 29.8 Å². The predicted molar refractivity (Wildman–Crippen MR) is 152 cm³/mol. The summed E-state index contributed by atoms with van der Waals surface area (Å²) in [6.07, 6.45) is 0.681. The van der Waals surface area contributed by atoms with Gasteiger partial charge in [0.25, 0.3) is 0 Å². The minimum Gasteiger partial charge on any atom is -0.361 e. The molecule has 2 fully saturated rings. The molecule has 14 heteroatoms. The van der Waals surface area contributed by atoms with Gasteiger partial charge in [0, 0.05) is 22.6 Å². The molecule has 3 aromatic carbocycles. The van der Waals surface area contributed by atoms with Crippen LogP contribution in [0.3, 0.4) is 0 Å². The van der Waals surface area contributed by atoms with Gasteiger partial charge in [0.15, 0.2) is 29.6 Å². The van der Waals surface area contributed by atoms with Gasteiger partial charge in [0.1, 0.15) is 29.8 Å². The van der Waals surface area contributed by atoms with Gasteiger partial charge in [-0.3, -0.25) is 0 Å². The molecule has 2 aromatic heterocycles. The van der Waals surface area contributed by atoms with E-state index in [1.54, 1.807) is 29.8 Å². The maximum Gasteiger partial charge on any atom is 0.194 e. The summed E-state index contributed by atoms with van der Waals surface area (Å²) in [5.74, 6) is -3.34. The van der Waals surface area contributed by atoms with Gasteiger partial charge in [-0.25, -0.2) is 27.5 Å². The van der Waals surface area contributed by atoms with Gasteiger partial charge in [0.2, 0.25) is 0 Å². The molecule has 7 rings (SSSR count). The molecule has 0 aliphatic carbocycles. The SMILES string of the molecule is Cc1nc([C@@H]2[CH][C@H](n3cc(-c4cc(F)c(F)c(F)c4)nn3)[C@H]3O[C@@H](c4ccccc4)OC[C@H]3O2)n(-c2cc(Cl)ccc2Cl)n1. The molecule has 44 heavy (non-hydrogen) atoms. The number of aryl methyl sites for hydroxylation is 1. The van der Waals surface area contributed by atoms with Crippen molar-refractivity contribution in [3.63, 3.8) is 0 Å². The van der Waals surface area contributed by atoms with E-state index in [1.165, 1.54) is 10.9 Å². The number of ether oxygens (including phenoxy) is 3. The number of hydrogen-bond donors (Lipinski definition) is 0. The van der Waals surface area contributed by atoms with Crippen LogP contribution in [0.5, 0.6) is 0 Å². The fourth-order valence-electron chi connectivity index (χ4n) is 5.36. The van der Waals surface area contributed by atoms with Gasteiger partial charge in [-0.2, -0.15) is 5.10 Å². The lowest BCUT2D eigenvalue weighted by Gasteiger charge is -2.45. The maximum absolute atomic E-state index is 14.0. The Morgan fingerprint density at radius 3 is 2.50 bits per heavy atom. The Morgan fingerprint density at radius 2 is 1.73 bits per heavy atom. The average molecular weight is 642 g/mol. The first-order chi connectivity index (χ1) is 21.2. The lowest BCUT2D eigenvalue weighted by Crippen LogP contribution is -2.51. The molecule has 2 saturated heterocycles. The minimum atomic E-state index is -1.56. The predicted octanol–water partition coefficient (Wildman–Crippen LogP) is 6.56. The Morgan fingerprint density at radius 1 is 0.955 bits per heavy atom. The van der Waals surface area contributed by atoms with Crippen molar-refractivity contribution in [2.45, 2.75) is 37.6 Å².